The van der Waals surface area contributed by atoms with Gasteiger partial charge in [-0.2, -0.15) is 0 Å². The molecule has 2 aromatic rings. The molecule has 0 saturated heterocycles. The number of ether oxygens (including phenoxy) is 1. The summed E-state index contributed by atoms with van der Waals surface area (Å²) in [4.78, 5) is 4.19. The first-order chi connectivity index (χ1) is 9.61. The standard InChI is InChI=1S/C13H13BClNO3S/c1-19-10-4-5-11(14(17)18)9(7-10)8-20-13-12(15)3-2-6-16-13/h2-7,17-18H,8H2,1H3. The molecule has 0 aliphatic heterocycles. The fraction of sp³-hybridized carbons (Fsp3) is 0.154. The SMILES string of the molecule is COc1ccc(B(O)O)c(CSc2ncccc2Cl)c1. The van der Waals surface area contributed by atoms with Crippen LogP contribution >= 0.6 is 23.4 Å². The highest BCUT2D eigenvalue weighted by Crippen LogP contribution is 2.27. The second-order valence-corrected chi connectivity index (χ2v) is 5.39. The van der Waals surface area contributed by atoms with Gasteiger partial charge in [-0.25, -0.2) is 4.98 Å². The maximum atomic E-state index is 9.38. The summed E-state index contributed by atoms with van der Waals surface area (Å²) in [7, 11) is 0.0485. The van der Waals surface area contributed by atoms with Crippen LogP contribution in [0.15, 0.2) is 41.6 Å². The third-order valence-electron chi connectivity index (χ3n) is 2.72. The summed E-state index contributed by atoms with van der Waals surface area (Å²) in [6, 6.07) is 8.64. The summed E-state index contributed by atoms with van der Waals surface area (Å²) in [5.41, 5.74) is 1.22. The van der Waals surface area contributed by atoms with Crippen LogP contribution in [-0.2, 0) is 5.75 Å². The summed E-state index contributed by atoms with van der Waals surface area (Å²) in [5, 5.41) is 20.0. The summed E-state index contributed by atoms with van der Waals surface area (Å²) in [5.74, 6) is 1.18. The third kappa shape index (κ3) is 3.67. The Bertz CT molecular complexity index is 598. The average Bonchev–Trinajstić information content (AvgIpc) is 2.46. The molecule has 0 unspecified atom stereocenters. The minimum Gasteiger partial charge on any atom is -0.497 e. The molecule has 20 heavy (non-hydrogen) atoms. The van der Waals surface area contributed by atoms with E-state index in [0.717, 1.165) is 5.56 Å². The van der Waals surface area contributed by atoms with Gasteiger partial charge in [-0.05, 0) is 35.3 Å². The molecule has 0 spiro atoms. The molecule has 0 amide bonds. The zero-order chi connectivity index (χ0) is 14.5. The van der Waals surface area contributed by atoms with Gasteiger partial charge in [-0.3, -0.25) is 0 Å². The predicted octanol–water partition coefficient (Wildman–Crippen LogP) is 1.72. The molecule has 0 aliphatic rings. The van der Waals surface area contributed by atoms with Crippen LogP contribution in [0.3, 0.4) is 0 Å². The second kappa shape index (κ2) is 6.99. The Morgan fingerprint density at radius 2 is 2.15 bits per heavy atom. The topological polar surface area (TPSA) is 62.6 Å². The zero-order valence-electron chi connectivity index (χ0n) is 10.8. The van der Waals surface area contributed by atoms with Gasteiger partial charge >= 0.3 is 7.12 Å². The van der Waals surface area contributed by atoms with Crippen molar-refractivity contribution in [3.8, 4) is 5.75 Å². The molecule has 0 fully saturated rings. The van der Waals surface area contributed by atoms with Crippen molar-refractivity contribution in [2.24, 2.45) is 0 Å². The first-order valence-corrected chi connectivity index (χ1v) is 7.24. The van der Waals surface area contributed by atoms with Crippen LogP contribution in [0.25, 0.3) is 0 Å². The summed E-state index contributed by atoms with van der Waals surface area (Å²) >= 11 is 7.47. The Balaban J connectivity index is 2.21. The number of pyridine rings is 1. The molecule has 0 aliphatic carbocycles. The smallest absolute Gasteiger partial charge is 0.488 e. The van der Waals surface area contributed by atoms with Gasteiger partial charge in [-0.1, -0.05) is 17.7 Å². The van der Waals surface area contributed by atoms with Crippen molar-refractivity contribution in [1.29, 1.82) is 0 Å². The molecule has 0 saturated carbocycles. The van der Waals surface area contributed by atoms with Crippen molar-refractivity contribution < 1.29 is 14.8 Å². The van der Waals surface area contributed by atoms with E-state index in [0.29, 0.717) is 27.0 Å². The lowest BCUT2D eigenvalue weighted by Gasteiger charge is -2.11. The second-order valence-electron chi connectivity index (χ2n) is 4.02. The van der Waals surface area contributed by atoms with Crippen LogP contribution in [-0.4, -0.2) is 29.3 Å². The number of aromatic nitrogens is 1. The number of methoxy groups -OCH3 is 1. The van der Waals surface area contributed by atoms with Crippen LogP contribution in [0.2, 0.25) is 5.02 Å². The van der Waals surface area contributed by atoms with Crippen molar-refractivity contribution in [2.75, 3.05) is 7.11 Å². The van der Waals surface area contributed by atoms with E-state index in [9.17, 15) is 10.0 Å². The lowest BCUT2D eigenvalue weighted by atomic mass is 9.77. The molecule has 1 aromatic carbocycles. The highest BCUT2D eigenvalue weighted by atomic mass is 35.5. The average molecular weight is 310 g/mol. The fourth-order valence-electron chi connectivity index (χ4n) is 1.71. The van der Waals surface area contributed by atoms with Crippen molar-refractivity contribution in [3.05, 3.63) is 47.1 Å². The van der Waals surface area contributed by atoms with E-state index >= 15 is 0 Å². The van der Waals surface area contributed by atoms with E-state index in [-0.39, 0.29) is 0 Å². The molecule has 104 valence electrons. The van der Waals surface area contributed by atoms with Crippen LogP contribution < -0.4 is 10.2 Å². The normalized spacial score (nSPS) is 10.4. The maximum absolute atomic E-state index is 9.38. The van der Waals surface area contributed by atoms with Crippen molar-refractivity contribution in [2.45, 2.75) is 10.8 Å². The molecule has 0 bridgehead atoms. The predicted molar refractivity (Wildman–Crippen MR) is 81.6 cm³/mol. The monoisotopic (exact) mass is 309 g/mol. The van der Waals surface area contributed by atoms with Crippen LogP contribution in [0.1, 0.15) is 5.56 Å². The third-order valence-corrected chi connectivity index (χ3v) is 4.19. The molecule has 7 heteroatoms. The zero-order valence-corrected chi connectivity index (χ0v) is 12.4. The first kappa shape index (κ1) is 15.2. The lowest BCUT2D eigenvalue weighted by Crippen LogP contribution is -2.32. The molecule has 1 aromatic heterocycles. The Hall–Kier alpha value is -1.21. The molecule has 2 rings (SSSR count). The summed E-state index contributed by atoms with van der Waals surface area (Å²) < 4.78 is 5.15. The molecule has 2 N–H and O–H groups in total. The maximum Gasteiger partial charge on any atom is 0.488 e. The van der Waals surface area contributed by atoms with E-state index in [1.807, 2.05) is 0 Å². The number of hydrogen-bond acceptors (Lipinski definition) is 5. The minimum atomic E-state index is -1.52. The molecular weight excluding hydrogens is 296 g/mol. The van der Waals surface area contributed by atoms with Gasteiger partial charge in [0, 0.05) is 11.9 Å². The molecular formula is C13H13BClNO3S. The number of benzene rings is 1. The van der Waals surface area contributed by atoms with Crippen LogP contribution in [0.4, 0.5) is 0 Å². The van der Waals surface area contributed by atoms with Crippen LogP contribution in [0.5, 0.6) is 5.75 Å². The lowest BCUT2D eigenvalue weighted by molar-refractivity contribution is 0.413. The van der Waals surface area contributed by atoms with Crippen molar-refractivity contribution in [3.63, 3.8) is 0 Å². The van der Waals surface area contributed by atoms with E-state index < -0.39 is 7.12 Å². The Labute approximate surface area is 126 Å². The number of hydrogen-bond donors (Lipinski definition) is 2. The van der Waals surface area contributed by atoms with Gasteiger partial charge in [0.15, 0.2) is 0 Å². The molecule has 4 nitrogen and oxygen atoms in total. The van der Waals surface area contributed by atoms with E-state index in [2.05, 4.69) is 4.98 Å². The highest BCUT2D eigenvalue weighted by Gasteiger charge is 2.17. The minimum absolute atomic E-state index is 0.449. The summed E-state index contributed by atoms with van der Waals surface area (Å²) in [6.07, 6.45) is 1.67. The number of nitrogens with zero attached hydrogens (tertiary/aromatic N) is 1. The number of rotatable bonds is 5. The number of thioether (sulfide) groups is 1. The van der Waals surface area contributed by atoms with Gasteiger partial charge in [0.1, 0.15) is 10.8 Å². The Morgan fingerprint density at radius 3 is 2.80 bits per heavy atom. The van der Waals surface area contributed by atoms with Crippen molar-refractivity contribution in [1.82, 2.24) is 4.98 Å². The van der Waals surface area contributed by atoms with E-state index in [4.69, 9.17) is 16.3 Å². The van der Waals surface area contributed by atoms with E-state index in [1.165, 1.54) is 11.8 Å². The Morgan fingerprint density at radius 1 is 1.35 bits per heavy atom. The molecule has 1 heterocycles. The largest absolute Gasteiger partial charge is 0.497 e. The molecule has 0 atom stereocenters. The van der Waals surface area contributed by atoms with Crippen LogP contribution in [0, 0.1) is 0 Å². The first-order valence-electron chi connectivity index (χ1n) is 5.88. The summed E-state index contributed by atoms with van der Waals surface area (Å²) in [6.45, 7) is 0. The van der Waals surface area contributed by atoms with Gasteiger partial charge in [0.05, 0.1) is 12.1 Å². The van der Waals surface area contributed by atoms with Gasteiger partial charge in [-0.15, -0.1) is 11.8 Å². The molecule has 0 radical (unpaired) electrons. The highest BCUT2D eigenvalue weighted by molar-refractivity contribution is 7.98. The van der Waals surface area contributed by atoms with E-state index in [1.54, 1.807) is 43.6 Å². The Kier molecular flexibility index (Phi) is 5.31. The number of halogens is 1. The van der Waals surface area contributed by atoms with Gasteiger partial charge in [0.2, 0.25) is 0 Å². The van der Waals surface area contributed by atoms with Gasteiger partial charge < -0.3 is 14.8 Å². The fourth-order valence-corrected chi connectivity index (χ4v) is 2.88. The quantitative estimate of drug-likeness (QED) is 0.650. The van der Waals surface area contributed by atoms with Crippen molar-refractivity contribution >= 4 is 35.9 Å². The van der Waals surface area contributed by atoms with Gasteiger partial charge in [0.25, 0.3) is 0 Å².